The Balaban J connectivity index is 2.26. The van der Waals surface area contributed by atoms with Crippen LogP contribution in [-0.4, -0.2) is 24.2 Å². The Hall–Kier alpha value is -2.94. The second-order valence-electron chi connectivity index (χ2n) is 3.91. The molecule has 0 radical (unpaired) electrons. The molecule has 0 fully saturated rings. The summed E-state index contributed by atoms with van der Waals surface area (Å²) in [5.74, 6) is -0.0431. The Labute approximate surface area is 115 Å². The number of ether oxygens (including phenoxy) is 1. The summed E-state index contributed by atoms with van der Waals surface area (Å²) in [7, 11) is 1.52. The lowest BCUT2D eigenvalue weighted by molar-refractivity contribution is -0.120. The van der Waals surface area contributed by atoms with Crippen molar-refractivity contribution in [1.82, 2.24) is 10.4 Å². The van der Waals surface area contributed by atoms with E-state index in [1.54, 1.807) is 6.07 Å². The van der Waals surface area contributed by atoms with Crippen LogP contribution in [0, 0.1) is 11.3 Å². The van der Waals surface area contributed by atoms with Gasteiger partial charge in [0.15, 0.2) is 0 Å². The molecule has 6 nitrogen and oxygen atoms in total. The van der Waals surface area contributed by atoms with Crippen LogP contribution in [0.4, 0.5) is 0 Å². The van der Waals surface area contributed by atoms with Crippen molar-refractivity contribution in [2.75, 3.05) is 7.11 Å². The molecular weight excluding hydrogens is 256 g/mol. The van der Waals surface area contributed by atoms with Gasteiger partial charge in [-0.3, -0.25) is 4.79 Å². The van der Waals surface area contributed by atoms with Gasteiger partial charge in [-0.15, -0.1) is 0 Å². The summed E-state index contributed by atoms with van der Waals surface area (Å²) in [5.41, 5.74) is 3.71. The molecule has 0 saturated carbocycles. The predicted molar refractivity (Wildman–Crippen MR) is 74.3 cm³/mol. The van der Waals surface area contributed by atoms with E-state index in [9.17, 15) is 4.79 Å². The number of nitriles is 1. The maximum absolute atomic E-state index is 11.1. The highest BCUT2D eigenvalue weighted by Crippen LogP contribution is 2.20. The largest absolute Gasteiger partial charge is 0.481 e. The van der Waals surface area contributed by atoms with Gasteiger partial charge in [0.2, 0.25) is 5.88 Å². The summed E-state index contributed by atoms with van der Waals surface area (Å²) in [5, 5.41) is 13.1. The number of hydrazone groups is 1. The van der Waals surface area contributed by atoms with Crippen LogP contribution in [0.3, 0.4) is 0 Å². The average Bonchev–Trinajstić information content (AvgIpc) is 2.46. The Morgan fingerprint density at radius 2 is 2.35 bits per heavy atom. The first-order chi connectivity index (χ1) is 9.74. The minimum Gasteiger partial charge on any atom is -0.481 e. The molecule has 1 amide bonds. The fourth-order valence-corrected chi connectivity index (χ4v) is 1.66. The van der Waals surface area contributed by atoms with E-state index >= 15 is 0 Å². The van der Waals surface area contributed by atoms with Gasteiger partial charge in [0.1, 0.15) is 6.42 Å². The molecule has 0 bridgehead atoms. The van der Waals surface area contributed by atoms with Crippen molar-refractivity contribution in [2.24, 2.45) is 5.10 Å². The molecule has 0 aliphatic carbocycles. The lowest BCUT2D eigenvalue weighted by Gasteiger charge is -2.05. The van der Waals surface area contributed by atoms with E-state index in [4.69, 9.17) is 10.00 Å². The standard InChI is InChI=1S/C14H12N4O2/c1-20-14-11(9-16-18-13(19)6-7-15)8-10-4-2-3-5-12(10)17-14/h2-5,8-9H,6H2,1H3,(H,18,19)/b16-9+. The monoisotopic (exact) mass is 268 g/mol. The molecule has 0 aliphatic rings. The highest BCUT2D eigenvalue weighted by atomic mass is 16.5. The number of pyridine rings is 1. The van der Waals surface area contributed by atoms with E-state index in [1.807, 2.05) is 30.3 Å². The van der Waals surface area contributed by atoms with E-state index in [-0.39, 0.29) is 6.42 Å². The van der Waals surface area contributed by atoms with Gasteiger partial charge in [0.25, 0.3) is 5.91 Å². The van der Waals surface area contributed by atoms with Crippen molar-refractivity contribution >= 4 is 23.0 Å². The summed E-state index contributed by atoms with van der Waals surface area (Å²) in [6.45, 7) is 0. The Bertz CT molecular complexity index is 704. The van der Waals surface area contributed by atoms with Crippen LogP contribution >= 0.6 is 0 Å². The van der Waals surface area contributed by atoms with Gasteiger partial charge in [-0.05, 0) is 12.1 Å². The molecular formula is C14H12N4O2. The quantitative estimate of drug-likeness (QED) is 0.674. The highest BCUT2D eigenvalue weighted by molar-refractivity contribution is 5.91. The number of carbonyl (C=O) groups is 1. The zero-order valence-corrected chi connectivity index (χ0v) is 10.8. The van der Waals surface area contributed by atoms with Crippen LogP contribution in [0.1, 0.15) is 12.0 Å². The molecule has 100 valence electrons. The first kappa shape index (κ1) is 13.5. The highest BCUT2D eigenvalue weighted by Gasteiger charge is 2.05. The zero-order valence-electron chi connectivity index (χ0n) is 10.8. The molecule has 0 atom stereocenters. The number of nitrogens with zero attached hydrogens (tertiary/aromatic N) is 3. The van der Waals surface area contributed by atoms with E-state index in [0.29, 0.717) is 11.4 Å². The van der Waals surface area contributed by atoms with Crippen molar-refractivity contribution in [3.05, 3.63) is 35.9 Å². The van der Waals surface area contributed by atoms with Gasteiger partial charge in [0, 0.05) is 5.39 Å². The fourth-order valence-electron chi connectivity index (χ4n) is 1.66. The summed E-state index contributed by atoms with van der Waals surface area (Å²) >= 11 is 0. The van der Waals surface area contributed by atoms with Crippen LogP contribution in [0.5, 0.6) is 5.88 Å². The third-order valence-corrected chi connectivity index (χ3v) is 2.54. The molecule has 2 aromatic rings. The first-order valence-electron chi connectivity index (χ1n) is 5.87. The van der Waals surface area contributed by atoms with Crippen molar-refractivity contribution < 1.29 is 9.53 Å². The van der Waals surface area contributed by atoms with Gasteiger partial charge in [-0.1, -0.05) is 18.2 Å². The van der Waals surface area contributed by atoms with Gasteiger partial charge < -0.3 is 4.74 Å². The Morgan fingerprint density at radius 3 is 3.10 bits per heavy atom. The number of fused-ring (bicyclic) bond motifs is 1. The fraction of sp³-hybridized carbons (Fsp3) is 0.143. The number of carbonyl (C=O) groups excluding carboxylic acids is 1. The number of methoxy groups -OCH3 is 1. The topological polar surface area (TPSA) is 87.4 Å². The number of rotatable bonds is 4. The van der Waals surface area contributed by atoms with Gasteiger partial charge in [-0.25, -0.2) is 10.4 Å². The van der Waals surface area contributed by atoms with Crippen LogP contribution < -0.4 is 10.2 Å². The lowest BCUT2D eigenvalue weighted by atomic mass is 10.1. The van der Waals surface area contributed by atoms with Gasteiger partial charge in [-0.2, -0.15) is 10.4 Å². The number of para-hydroxylation sites is 1. The van der Waals surface area contributed by atoms with Crippen molar-refractivity contribution in [3.63, 3.8) is 0 Å². The molecule has 1 aromatic carbocycles. The van der Waals surface area contributed by atoms with E-state index in [0.717, 1.165) is 10.9 Å². The van der Waals surface area contributed by atoms with E-state index in [1.165, 1.54) is 13.3 Å². The SMILES string of the molecule is COc1nc2ccccc2cc1/C=N/NC(=O)CC#N. The van der Waals surface area contributed by atoms with Crippen LogP contribution in [0.15, 0.2) is 35.4 Å². The van der Waals surface area contributed by atoms with Crippen molar-refractivity contribution in [1.29, 1.82) is 5.26 Å². The molecule has 0 aliphatic heterocycles. The Kier molecular flexibility index (Phi) is 4.24. The second-order valence-corrected chi connectivity index (χ2v) is 3.91. The van der Waals surface area contributed by atoms with Crippen LogP contribution in [0.25, 0.3) is 10.9 Å². The van der Waals surface area contributed by atoms with Gasteiger partial charge >= 0.3 is 0 Å². The number of aromatic nitrogens is 1. The van der Waals surface area contributed by atoms with E-state index < -0.39 is 5.91 Å². The smallest absolute Gasteiger partial charge is 0.254 e. The third kappa shape index (κ3) is 3.09. The predicted octanol–water partition coefficient (Wildman–Crippen LogP) is 1.61. The minimum absolute atomic E-state index is 0.232. The minimum atomic E-state index is -0.462. The molecule has 20 heavy (non-hydrogen) atoms. The second kappa shape index (κ2) is 6.29. The maximum atomic E-state index is 11.1. The van der Waals surface area contributed by atoms with Crippen molar-refractivity contribution in [2.45, 2.75) is 6.42 Å². The number of hydrogen-bond donors (Lipinski definition) is 1. The molecule has 1 aromatic heterocycles. The third-order valence-electron chi connectivity index (χ3n) is 2.54. The van der Waals surface area contributed by atoms with Crippen molar-refractivity contribution in [3.8, 4) is 11.9 Å². The molecule has 6 heteroatoms. The molecule has 1 heterocycles. The van der Waals surface area contributed by atoms with Crippen LogP contribution in [-0.2, 0) is 4.79 Å². The lowest BCUT2D eigenvalue weighted by Crippen LogP contribution is -2.16. The first-order valence-corrected chi connectivity index (χ1v) is 5.87. The maximum Gasteiger partial charge on any atom is 0.254 e. The molecule has 0 spiro atoms. The number of benzene rings is 1. The van der Waals surface area contributed by atoms with E-state index in [2.05, 4.69) is 15.5 Å². The summed E-state index contributed by atoms with van der Waals surface area (Å²) in [6, 6.07) is 11.2. The summed E-state index contributed by atoms with van der Waals surface area (Å²) < 4.78 is 5.19. The molecule has 1 N–H and O–H groups in total. The normalized spacial score (nSPS) is 10.4. The molecule has 0 saturated heterocycles. The van der Waals surface area contributed by atoms with Crippen LogP contribution in [0.2, 0.25) is 0 Å². The zero-order chi connectivity index (χ0) is 14.4. The number of hydrogen-bond acceptors (Lipinski definition) is 5. The molecule has 2 rings (SSSR count). The number of amides is 1. The number of nitrogens with one attached hydrogen (secondary N) is 1. The molecule has 0 unspecified atom stereocenters. The summed E-state index contributed by atoms with van der Waals surface area (Å²) in [4.78, 5) is 15.5. The summed E-state index contributed by atoms with van der Waals surface area (Å²) in [6.07, 6.45) is 1.21. The van der Waals surface area contributed by atoms with Gasteiger partial charge in [0.05, 0.1) is 30.5 Å². The Morgan fingerprint density at radius 1 is 1.55 bits per heavy atom. The average molecular weight is 268 g/mol.